The molecular formula is C16H19N. The highest BCUT2D eigenvalue weighted by molar-refractivity contribution is 5.16. The van der Waals surface area contributed by atoms with Crippen LogP contribution in [-0.2, 0) is 6.42 Å². The molecule has 0 spiro atoms. The van der Waals surface area contributed by atoms with Crippen LogP contribution in [0.2, 0.25) is 0 Å². The fourth-order valence-corrected chi connectivity index (χ4v) is 0.781. The van der Waals surface area contributed by atoms with Crippen LogP contribution < -0.4 is 0 Å². The van der Waals surface area contributed by atoms with E-state index in [0.717, 1.165) is 6.42 Å². The van der Waals surface area contributed by atoms with Gasteiger partial charge in [0.2, 0.25) is 0 Å². The van der Waals surface area contributed by atoms with E-state index in [2.05, 4.69) is 38.4 Å². The quantitative estimate of drug-likeness (QED) is 0.423. The Morgan fingerprint density at radius 1 is 1.00 bits per heavy atom. The zero-order valence-corrected chi connectivity index (χ0v) is 10.2. The predicted molar refractivity (Wildman–Crippen MR) is 76.5 cm³/mol. The predicted octanol–water partition coefficient (Wildman–Crippen LogP) is 4.47. The first-order valence-corrected chi connectivity index (χ1v) is 5.15. The van der Waals surface area contributed by atoms with Crippen LogP contribution in [0.4, 0.5) is 0 Å². The van der Waals surface area contributed by atoms with E-state index < -0.39 is 0 Å². The molecule has 17 heavy (non-hydrogen) atoms. The summed E-state index contributed by atoms with van der Waals surface area (Å²) in [6.07, 6.45) is 7.34. The van der Waals surface area contributed by atoms with Crippen molar-refractivity contribution in [1.82, 2.24) is 0 Å². The first kappa shape index (κ1) is 17.1. The first-order valence-electron chi connectivity index (χ1n) is 5.15. The van der Waals surface area contributed by atoms with Crippen LogP contribution in [0, 0.1) is 11.3 Å². The minimum atomic E-state index is 0.973. The highest BCUT2D eigenvalue weighted by atomic mass is 14.2. The van der Waals surface area contributed by atoms with Crippen molar-refractivity contribution in [2.24, 2.45) is 0 Å². The van der Waals surface area contributed by atoms with E-state index in [1.807, 2.05) is 24.3 Å². The molecule has 0 atom stereocenters. The average Bonchev–Trinajstić information content (AvgIpc) is 2.41. The Labute approximate surface area is 105 Å². The molecule has 0 radical (unpaired) electrons. The topological polar surface area (TPSA) is 23.8 Å². The Kier molecular flexibility index (Phi) is 16.2. The van der Waals surface area contributed by atoms with Crippen LogP contribution in [0.15, 0.2) is 81.0 Å². The van der Waals surface area contributed by atoms with Crippen molar-refractivity contribution in [3.63, 3.8) is 0 Å². The monoisotopic (exact) mass is 225 g/mol. The molecule has 88 valence electrons. The third kappa shape index (κ3) is 16.4. The largest absolute Gasteiger partial charge is 0.193 e. The summed E-state index contributed by atoms with van der Waals surface area (Å²) in [5, 5.41) is 7.51. The molecule has 1 rings (SSSR count). The maximum atomic E-state index is 7.51. The molecular weight excluding hydrogens is 206 g/mol. The molecule has 0 aliphatic carbocycles. The first-order chi connectivity index (χ1) is 8.26. The van der Waals surface area contributed by atoms with E-state index in [0.29, 0.717) is 0 Å². The molecule has 0 aliphatic rings. The summed E-state index contributed by atoms with van der Waals surface area (Å²) < 4.78 is 0. The number of benzene rings is 1. The number of nitriles is 1. The van der Waals surface area contributed by atoms with Gasteiger partial charge < -0.3 is 0 Å². The van der Waals surface area contributed by atoms with Crippen molar-refractivity contribution >= 4 is 0 Å². The van der Waals surface area contributed by atoms with Gasteiger partial charge in [0.15, 0.2) is 0 Å². The molecule has 0 aromatic heterocycles. The van der Waals surface area contributed by atoms with Gasteiger partial charge in [-0.05, 0) is 12.0 Å². The molecule has 1 aromatic carbocycles. The Morgan fingerprint density at radius 3 is 1.76 bits per heavy atom. The molecule has 0 bridgehead atoms. The minimum absolute atomic E-state index is 0.973. The summed E-state index contributed by atoms with van der Waals surface area (Å²) >= 11 is 0. The molecule has 0 N–H and O–H groups in total. The van der Waals surface area contributed by atoms with Crippen LogP contribution in [0.1, 0.15) is 5.56 Å². The standard InChI is InChI=1S/C9H10.C4H6.C3H3N/c1-2-6-9-7-4-3-5-8-9;1-3-4-2;1-2-3-4/h2-5,7-8H,1,6H2;3-4H,1-2H2;2H,1H2. The lowest BCUT2D eigenvalue weighted by Gasteiger charge is -1.91. The summed E-state index contributed by atoms with van der Waals surface area (Å²) in [4.78, 5) is 0. The van der Waals surface area contributed by atoms with E-state index in [1.165, 1.54) is 11.6 Å². The SMILES string of the molecule is C=CC#N.C=CC=C.C=CCc1ccccc1. The molecule has 0 heterocycles. The van der Waals surface area contributed by atoms with Crippen molar-refractivity contribution in [2.45, 2.75) is 6.42 Å². The van der Waals surface area contributed by atoms with Gasteiger partial charge >= 0.3 is 0 Å². The van der Waals surface area contributed by atoms with Crippen LogP contribution in [0.25, 0.3) is 0 Å². The Balaban J connectivity index is 0. The maximum absolute atomic E-state index is 7.51. The van der Waals surface area contributed by atoms with Crippen LogP contribution in [-0.4, -0.2) is 0 Å². The second-order valence-corrected chi connectivity index (χ2v) is 2.78. The molecule has 0 unspecified atom stereocenters. The van der Waals surface area contributed by atoms with Crippen molar-refractivity contribution in [2.75, 3.05) is 0 Å². The zero-order valence-electron chi connectivity index (χ0n) is 10.2. The molecule has 0 aliphatic heterocycles. The maximum Gasteiger partial charge on any atom is 0.0905 e. The molecule has 0 fully saturated rings. The van der Waals surface area contributed by atoms with Crippen LogP contribution in [0.5, 0.6) is 0 Å². The van der Waals surface area contributed by atoms with Gasteiger partial charge in [0.1, 0.15) is 0 Å². The number of allylic oxidation sites excluding steroid dienone is 4. The smallest absolute Gasteiger partial charge is 0.0905 e. The highest BCUT2D eigenvalue weighted by Gasteiger charge is 1.82. The van der Waals surface area contributed by atoms with Crippen molar-refractivity contribution < 1.29 is 0 Å². The van der Waals surface area contributed by atoms with Crippen molar-refractivity contribution in [3.8, 4) is 6.07 Å². The summed E-state index contributed by atoms with van der Waals surface area (Å²) in [5.41, 5.74) is 1.33. The summed E-state index contributed by atoms with van der Waals surface area (Å²) in [7, 11) is 0. The van der Waals surface area contributed by atoms with Gasteiger partial charge in [-0.2, -0.15) is 5.26 Å². The van der Waals surface area contributed by atoms with Gasteiger partial charge in [-0.25, -0.2) is 0 Å². The van der Waals surface area contributed by atoms with E-state index in [4.69, 9.17) is 5.26 Å². The fraction of sp³-hybridized carbons (Fsp3) is 0.0625. The van der Waals surface area contributed by atoms with Gasteiger partial charge in [0, 0.05) is 6.08 Å². The fourth-order valence-electron chi connectivity index (χ4n) is 0.781. The van der Waals surface area contributed by atoms with Gasteiger partial charge in [0.05, 0.1) is 6.07 Å². The number of hydrogen-bond donors (Lipinski definition) is 0. The van der Waals surface area contributed by atoms with E-state index in [9.17, 15) is 0 Å². The second-order valence-electron chi connectivity index (χ2n) is 2.78. The summed E-state index contributed by atoms with van der Waals surface area (Å²) in [5.74, 6) is 0. The number of nitrogens with zero attached hydrogens (tertiary/aromatic N) is 1. The van der Waals surface area contributed by atoms with Gasteiger partial charge in [-0.3, -0.25) is 0 Å². The Bertz CT molecular complexity index is 349. The molecule has 0 saturated carbocycles. The zero-order chi connectivity index (χ0) is 13.4. The van der Waals surface area contributed by atoms with E-state index >= 15 is 0 Å². The van der Waals surface area contributed by atoms with E-state index in [1.54, 1.807) is 18.2 Å². The lowest BCUT2D eigenvalue weighted by atomic mass is 10.2. The second kappa shape index (κ2) is 16.1. The molecule has 1 heteroatoms. The molecule has 0 saturated heterocycles. The van der Waals surface area contributed by atoms with Crippen molar-refractivity contribution in [3.05, 3.63) is 86.5 Å². The van der Waals surface area contributed by atoms with Gasteiger partial charge in [0.25, 0.3) is 0 Å². The Morgan fingerprint density at radius 2 is 1.47 bits per heavy atom. The normalized spacial score (nSPS) is 6.76. The Hall–Kier alpha value is -2.33. The number of rotatable bonds is 3. The average molecular weight is 225 g/mol. The van der Waals surface area contributed by atoms with Crippen LogP contribution >= 0.6 is 0 Å². The van der Waals surface area contributed by atoms with Gasteiger partial charge in [-0.15, -0.1) is 6.58 Å². The van der Waals surface area contributed by atoms with Gasteiger partial charge in [-0.1, -0.05) is 68.3 Å². The van der Waals surface area contributed by atoms with Crippen LogP contribution in [0.3, 0.4) is 0 Å². The number of hydrogen-bond acceptors (Lipinski definition) is 1. The minimum Gasteiger partial charge on any atom is -0.193 e. The van der Waals surface area contributed by atoms with E-state index in [-0.39, 0.29) is 0 Å². The summed E-state index contributed by atoms with van der Waals surface area (Å²) in [6, 6.07) is 12.0. The molecule has 1 nitrogen and oxygen atoms in total. The molecule has 1 aromatic rings. The third-order valence-electron chi connectivity index (χ3n) is 1.48. The highest BCUT2D eigenvalue weighted by Crippen LogP contribution is 1.98. The summed E-state index contributed by atoms with van der Waals surface area (Å²) in [6.45, 7) is 13.5. The lowest BCUT2D eigenvalue weighted by Crippen LogP contribution is -1.75. The molecule has 0 amide bonds. The lowest BCUT2D eigenvalue weighted by molar-refractivity contribution is 1.28. The third-order valence-corrected chi connectivity index (χ3v) is 1.48. The van der Waals surface area contributed by atoms with Crippen molar-refractivity contribution in [1.29, 1.82) is 5.26 Å².